The van der Waals surface area contributed by atoms with Gasteiger partial charge in [0.05, 0.1) is 12.3 Å². The largest absolute Gasteiger partial charge is 0.392 e. The van der Waals surface area contributed by atoms with Crippen molar-refractivity contribution in [3.8, 4) is 0 Å². The highest BCUT2D eigenvalue weighted by Crippen LogP contribution is 2.16. The summed E-state index contributed by atoms with van der Waals surface area (Å²) in [6.07, 6.45) is 1.27. The number of rotatable bonds is 5. The molecule has 0 aliphatic carbocycles. The maximum atomic E-state index is 12.1. The highest BCUT2D eigenvalue weighted by Gasteiger charge is 2.14. The number of benzene rings is 1. The summed E-state index contributed by atoms with van der Waals surface area (Å²) in [5.74, 6) is 0. The van der Waals surface area contributed by atoms with Gasteiger partial charge in [-0.05, 0) is 29.8 Å². The Morgan fingerprint density at radius 1 is 1.15 bits per heavy atom. The van der Waals surface area contributed by atoms with E-state index in [4.69, 9.17) is 10.8 Å². The number of nitrogens with two attached hydrogens (primary N) is 1. The predicted octanol–water partition coefficient (Wildman–Crippen LogP) is 0.833. The van der Waals surface area contributed by atoms with E-state index in [1.165, 1.54) is 12.3 Å². The summed E-state index contributed by atoms with van der Waals surface area (Å²) in [5, 5.41) is 8.93. The van der Waals surface area contributed by atoms with Gasteiger partial charge in [0.25, 0.3) is 10.0 Å². The lowest BCUT2D eigenvalue weighted by molar-refractivity contribution is 0.282. The van der Waals surface area contributed by atoms with Crippen LogP contribution in [-0.2, 0) is 23.2 Å². The molecule has 7 heteroatoms. The second-order valence-electron chi connectivity index (χ2n) is 4.15. The second-order valence-corrected chi connectivity index (χ2v) is 5.83. The van der Waals surface area contributed by atoms with Crippen LogP contribution < -0.4 is 10.5 Å². The normalized spacial score (nSPS) is 11.3. The third-order valence-corrected chi connectivity index (χ3v) is 4.07. The zero-order valence-corrected chi connectivity index (χ0v) is 11.5. The first-order valence-corrected chi connectivity index (χ1v) is 7.41. The molecular formula is C13H15N3O3S. The number of hydrogen-bond donors (Lipinski definition) is 3. The van der Waals surface area contributed by atoms with E-state index in [1.807, 2.05) is 0 Å². The molecule has 1 aromatic heterocycles. The van der Waals surface area contributed by atoms with Crippen molar-refractivity contribution in [2.45, 2.75) is 18.0 Å². The van der Waals surface area contributed by atoms with Gasteiger partial charge in [0.15, 0.2) is 0 Å². The van der Waals surface area contributed by atoms with Crippen LogP contribution >= 0.6 is 0 Å². The van der Waals surface area contributed by atoms with Gasteiger partial charge in [-0.1, -0.05) is 12.1 Å². The van der Waals surface area contributed by atoms with Gasteiger partial charge in [0, 0.05) is 18.4 Å². The summed E-state index contributed by atoms with van der Waals surface area (Å²) in [5.41, 5.74) is 7.16. The van der Waals surface area contributed by atoms with Crippen LogP contribution in [-0.4, -0.2) is 18.5 Å². The van der Waals surface area contributed by atoms with Gasteiger partial charge in [-0.15, -0.1) is 0 Å². The van der Waals surface area contributed by atoms with Crippen molar-refractivity contribution in [1.82, 2.24) is 4.98 Å². The number of nitrogens with zero attached hydrogens (tertiary/aromatic N) is 1. The molecule has 0 bridgehead atoms. The summed E-state index contributed by atoms with van der Waals surface area (Å²) >= 11 is 0. The Hall–Kier alpha value is -1.96. The molecule has 0 amide bonds. The van der Waals surface area contributed by atoms with Crippen LogP contribution in [0.4, 0.5) is 5.69 Å². The predicted molar refractivity (Wildman–Crippen MR) is 75.3 cm³/mol. The van der Waals surface area contributed by atoms with Gasteiger partial charge >= 0.3 is 0 Å². The van der Waals surface area contributed by atoms with Crippen molar-refractivity contribution < 1.29 is 13.5 Å². The first-order valence-electron chi connectivity index (χ1n) is 5.93. The van der Waals surface area contributed by atoms with Crippen LogP contribution in [0.25, 0.3) is 0 Å². The molecule has 2 rings (SSSR count). The number of aliphatic hydroxyl groups excluding tert-OH is 1. The molecule has 0 spiro atoms. The summed E-state index contributed by atoms with van der Waals surface area (Å²) in [6, 6.07) is 9.50. The molecule has 4 N–H and O–H groups in total. The molecule has 0 aliphatic rings. The number of aromatic nitrogens is 1. The smallest absolute Gasteiger partial charge is 0.263 e. The fourth-order valence-electron chi connectivity index (χ4n) is 1.58. The molecule has 0 fully saturated rings. The number of anilines is 1. The summed E-state index contributed by atoms with van der Waals surface area (Å²) < 4.78 is 26.7. The molecular weight excluding hydrogens is 278 g/mol. The maximum absolute atomic E-state index is 12.1. The fraction of sp³-hybridized carbons (Fsp3) is 0.154. The molecule has 6 nitrogen and oxygen atoms in total. The summed E-state index contributed by atoms with van der Waals surface area (Å²) in [4.78, 5) is 4.03. The van der Waals surface area contributed by atoms with E-state index in [9.17, 15) is 8.42 Å². The van der Waals surface area contributed by atoms with Gasteiger partial charge < -0.3 is 10.8 Å². The SMILES string of the molecule is NCc1ccc(S(=O)(=O)Nc2ccc(CO)cc2)cn1. The standard InChI is InChI=1S/C13H15N3O3S/c14-7-12-5-6-13(8-15-12)20(18,19)16-11-3-1-10(9-17)2-4-11/h1-6,8,16-17H,7,9,14H2. The second kappa shape index (κ2) is 6.00. The molecule has 106 valence electrons. The quantitative estimate of drug-likeness (QED) is 0.757. The van der Waals surface area contributed by atoms with Gasteiger partial charge in [-0.3, -0.25) is 9.71 Å². The molecule has 20 heavy (non-hydrogen) atoms. The van der Waals surface area contributed by atoms with Gasteiger partial charge in [0.2, 0.25) is 0 Å². The third-order valence-electron chi connectivity index (χ3n) is 2.71. The summed E-state index contributed by atoms with van der Waals surface area (Å²) in [7, 11) is -3.67. The molecule has 0 saturated heterocycles. The van der Waals surface area contributed by atoms with Crippen molar-refractivity contribution in [3.05, 3.63) is 53.9 Å². The van der Waals surface area contributed by atoms with E-state index in [2.05, 4.69) is 9.71 Å². The fourth-order valence-corrected chi connectivity index (χ4v) is 2.59. The van der Waals surface area contributed by atoms with Crippen LogP contribution in [0.2, 0.25) is 0 Å². The van der Waals surface area contributed by atoms with Gasteiger partial charge in [-0.25, -0.2) is 8.42 Å². The minimum Gasteiger partial charge on any atom is -0.392 e. The van der Waals surface area contributed by atoms with Crippen molar-refractivity contribution in [3.63, 3.8) is 0 Å². The topological polar surface area (TPSA) is 105 Å². The first kappa shape index (κ1) is 14.4. The van der Waals surface area contributed by atoms with Crippen LogP contribution in [0, 0.1) is 0 Å². The Morgan fingerprint density at radius 3 is 2.35 bits per heavy atom. The Balaban J connectivity index is 2.20. The Bertz CT molecular complexity index is 667. The monoisotopic (exact) mass is 293 g/mol. The van der Waals surface area contributed by atoms with Crippen molar-refractivity contribution in [1.29, 1.82) is 0 Å². The Labute approximate surface area is 117 Å². The van der Waals surface area contributed by atoms with Gasteiger partial charge in [0.1, 0.15) is 4.90 Å². The number of hydrogen-bond acceptors (Lipinski definition) is 5. The lowest BCUT2D eigenvalue weighted by atomic mass is 10.2. The van der Waals surface area contributed by atoms with Crippen molar-refractivity contribution >= 4 is 15.7 Å². The number of sulfonamides is 1. The van der Waals surface area contributed by atoms with Crippen molar-refractivity contribution in [2.24, 2.45) is 5.73 Å². The van der Waals surface area contributed by atoms with E-state index in [1.54, 1.807) is 30.3 Å². The Kier molecular flexibility index (Phi) is 4.33. The number of aliphatic hydroxyl groups is 1. The minimum atomic E-state index is -3.67. The highest BCUT2D eigenvalue weighted by atomic mass is 32.2. The molecule has 2 aromatic rings. The average Bonchev–Trinajstić information content (AvgIpc) is 2.48. The van der Waals surface area contributed by atoms with E-state index >= 15 is 0 Å². The summed E-state index contributed by atoms with van der Waals surface area (Å²) in [6.45, 7) is 0.174. The van der Waals surface area contributed by atoms with E-state index in [0.717, 1.165) is 0 Å². The highest BCUT2D eigenvalue weighted by molar-refractivity contribution is 7.92. The minimum absolute atomic E-state index is 0.0703. The lowest BCUT2D eigenvalue weighted by Crippen LogP contribution is -2.13. The van der Waals surface area contributed by atoms with E-state index in [-0.39, 0.29) is 18.0 Å². The molecule has 0 saturated carbocycles. The molecule has 1 heterocycles. The Morgan fingerprint density at radius 2 is 1.85 bits per heavy atom. The molecule has 0 unspecified atom stereocenters. The van der Waals surface area contributed by atoms with Crippen LogP contribution in [0.5, 0.6) is 0 Å². The zero-order chi connectivity index (χ0) is 14.6. The lowest BCUT2D eigenvalue weighted by Gasteiger charge is -2.08. The van der Waals surface area contributed by atoms with E-state index in [0.29, 0.717) is 16.9 Å². The van der Waals surface area contributed by atoms with Crippen LogP contribution in [0.1, 0.15) is 11.3 Å². The molecule has 0 radical (unpaired) electrons. The van der Waals surface area contributed by atoms with Crippen LogP contribution in [0.15, 0.2) is 47.5 Å². The van der Waals surface area contributed by atoms with Crippen LogP contribution in [0.3, 0.4) is 0 Å². The number of nitrogens with one attached hydrogen (secondary N) is 1. The molecule has 0 atom stereocenters. The number of pyridine rings is 1. The van der Waals surface area contributed by atoms with Gasteiger partial charge in [-0.2, -0.15) is 0 Å². The maximum Gasteiger partial charge on any atom is 0.263 e. The molecule has 1 aromatic carbocycles. The van der Waals surface area contributed by atoms with Crippen molar-refractivity contribution in [2.75, 3.05) is 4.72 Å². The molecule has 0 aliphatic heterocycles. The first-order chi connectivity index (χ1) is 9.55. The zero-order valence-electron chi connectivity index (χ0n) is 10.7. The van der Waals surface area contributed by atoms with E-state index < -0.39 is 10.0 Å². The average molecular weight is 293 g/mol. The third kappa shape index (κ3) is 3.32.